The Balaban J connectivity index is 1.96. The van der Waals surface area contributed by atoms with Crippen molar-refractivity contribution < 1.29 is 23.2 Å². The second-order valence-electron chi connectivity index (χ2n) is 5.41. The van der Waals surface area contributed by atoms with Gasteiger partial charge in [0.25, 0.3) is 11.8 Å². The fourth-order valence-corrected chi connectivity index (χ4v) is 5.04. The first-order chi connectivity index (χ1) is 11.7. The van der Waals surface area contributed by atoms with Gasteiger partial charge in [0.05, 0.1) is 4.88 Å². The van der Waals surface area contributed by atoms with E-state index in [4.69, 9.17) is 5.21 Å². The molecule has 10 heteroatoms. The molecule has 0 radical (unpaired) electrons. The van der Waals surface area contributed by atoms with Gasteiger partial charge in [-0.15, -0.1) is 22.7 Å². The summed E-state index contributed by atoms with van der Waals surface area (Å²) in [4.78, 5) is 27.3. The van der Waals surface area contributed by atoms with E-state index in [0.717, 1.165) is 16.0 Å². The van der Waals surface area contributed by atoms with Crippen molar-refractivity contribution in [1.29, 1.82) is 0 Å². The summed E-state index contributed by atoms with van der Waals surface area (Å²) in [5.41, 5.74) is 1.34. The van der Waals surface area contributed by atoms with Crippen LogP contribution in [0.3, 0.4) is 0 Å². The molecule has 0 fully saturated rings. The number of hydrogen-bond acceptors (Lipinski definition) is 7. The van der Waals surface area contributed by atoms with Gasteiger partial charge < -0.3 is 5.32 Å². The summed E-state index contributed by atoms with van der Waals surface area (Å²) in [7, 11) is -3.69. The van der Waals surface area contributed by atoms with Crippen LogP contribution >= 0.6 is 22.7 Å². The first-order valence-corrected chi connectivity index (χ1v) is 10.9. The molecule has 2 rings (SSSR count). The zero-order valence-electron chi connectivity index (χ0n) is 13.6. The van der Waals surface area contributed by atoms with Crippen molar-refractivity contribution in [3.63, 3.8) is 0 Å². The molecule has 0 saturated heterocycles. The molecule has 2 aromatic heterocycles. The first-order valence-electron chi connectivity index (χ1n) is 7.30. The molecule has 0 saturated carbocycles. The second-order valence-corrected chi connectivity index (χ2v) is 10.0. The highest BCUT2D eigenvalue weighted by molar-refractivity contribution is 7.92. The Morgan fingerprint density at radius 1 is 1.16 bits per heavy atom. The van der Waals surface area contributed by atoms with Gasteiger partial charge in [0.2, 0.25) is 0 Å². The summed E-state index contributed by atoms with van der Waals surface area (Å²) in [6, 6.07) is 7.58. The van der Waals surface area contributed by atoms with Crippen LogP contribution in [0.1, 0.15) is 21.0 Å². The van der Waals surface area contributed by atoms with Crippen LogP contribution < -0.4 is 10.8 Å². The molecule has 0 aromatic carbocycles. The SMILES string of the molecule is Cc1ccc(-c2ccc(C(=O)NCCC(C(=O)NO)S(C)(=O)=O)s2)s1. The van der Waals surface area contributed by atoms with Crippen molar-refractivity contribution in [3.8, 4) is 9.75 Å². The monoisotopic (exact) mass is 402 g/mol. The molecule has 1 unspecified atom stereocenters. The molecule has 0 spiro atoms. The lowest BCUT2D eigenvalue weighted by atomic mass is 10.3. The lowest BCUT2D eigenvalue weighted by Gasteiger charge is -2.13. The van der Waals surface area contributed by atoms with Crippen LogP contribution in [0.15, 0.2) is 24.3 Å². The predicted octanol–water partition coefficient (Wildman–Crippen LogP) is 1.82. The number of amides is 2. The maximum absolute atomic E-state index is 12.2. The standard InChI is InChI=1S/C15H18N2O5S3/c1-9-3-4-10(23-9)11-5-6-12(24-11)14(18)16-8-7-13(15(19)17-20)25(2,21)22/h3-6,13,20H,7-8H2,1-2H3,(H,16,18)(H,17,19). The van der Waals surface area contributed by atoms with Gasteiger partial charge >= 0.3 is 0 Å². The minimum absolute atomic E-state index is 0.00463. The number of aryl methyl sites for hydroxylation is 1. The molecule has 0 aliphatic rings. The summed E-state index contributed by atoms with van der Waals surface area (Å²) < 4.78 is 23.1. The maximum Gasteiger partial charge on any atom is 0.261 e. The Morgan fingerprint density at radius 3 is 2.36 bits per heavy atom. The number of hydrogen-bond donors (Lipinski definition) is 3. The Bertz CT molecular complexity index is 869. The third kappa shape index (κ3) is 5.11. The average molecular weight is 403 g/mol. The molecule has 2 heterocycles. The van der Waals surface area contributed by atoms with Crippen LogP contribution in [-0.4, -0.2) is 43.5 Å². The van der Waals surface area contributed by atoms with E-state index in [9.17, 15) is 18.0 Å². The zero-order chi connectivity index (χ0) is 18.6. The molecule has 25 heavy (non-hydrogen) atoms. The van der Waals surface area contributed by atoms with E-state index < -0.39 is 21.0 Å². The van der Waals surface area contributed by atoms with Gasteiger partial charge in [-0.25, -0.2) is 13.9 Å². The van der Waals surface area contributed by atoms with Crippen molar-refractivity contribution in [1.82, 2.24) is 10.8 Å². The summed E-state index contributed by atoms with van der Waals surface area (Å²) >= 11 is 2.98. The van der Waals surface area contributed by atoms with Crippen molar-refractivity contribution >= 4 is 44.3 Å². The Morgan fingerprint density at radius 2 is 1.80 bits per heavy atom. The quantitative estimate of drug-likeness (QED) is 0.483. The van der Waals surface area contributed by atoms with E-state index in [1.165, 1.54) is 21.7 Å². The van der Waals surface area contributed by atoms with Gasteiger partial charge in [0.15, 0.2) is 9.84 Å². The van der Waals surface area contributed by atoms with Crippen LogP contribution in [0, 0.1) is 6.92 Å². The minimum Gasteiger partial charge on any atom is -0.351 e. The highest BCUT2D eigenvalue weighted by Crippen LogP contribution is 2.33. The summed E-state index contributed by atoms with van der Waals surface area (Å²) in [6.45, 7) is 2.01. The number of thiophene rings is 2. The normalized spacial score (nSPS) is 12.6. The lowest BCUT2D eigenvalue weighted by Crippen LogP contribution is -2.40. The molecule has 7 nitrogen and oxygen atoms in total. The number of sulfone groups is 1. The van der Waals surface area contributed by atoms with Gasteiger partial charge in [-0.05, 0) is 37.6 Å². The summed E-state index contributed by atoms with van der Waals surface area (Å²) in [5, 5.41) is 9.81. The van der Waals surface area contributed by atoms with E-state index >= 15 is 0 Å². The van der Waals surface area contributed by atoms with Crippen LogP contribution in [0.5, 0.6) is 0 Å². The molecule has 3 N–H and O–H groups in total. The fraction of sp³-hybridized carbons (Fsp3) is 0.333. The average Bonchev–Trinajstić information content (AvgIpc) is 3.18. The van der Waals surface area contributed by atoms with Gasteiger partial charge in [-0.2, -0.15) is 0 Å². The largest absolute Gasteiger partial charge is 0.351 e. The Kier molecular flexibility index (Phi) is 6.33. The molecule has 1 atom stereocenters. The van der Waals surface area contributed by atoms with Crippen LogP contribution in [0.25, 0.3) is 9.75 Å². The zero-order valence-corrected chi connectivity index (χ0v) is 16.1. The van der Waals surface area contributed by atoms with Crippen LogP contribution in [-0.2, 0) is 14.6 Å². The Labute approximate surface area is 153 Å². The molecule has 136 valence electrons. The summed E-state index contributed by atoms with van der Waals surface area (Å²) in [6.07, 6.45) is 0.780. The second kappa shape index (κ2) is 8.09. The lowest BCUT2D eigenvalue weighted by molar-refractivity contribution is -0.128. The molecule has 0 bridgehead atoms. The highest BCUT2D eigenvalue weighted by Gasteiger charge is 2.28. The number of rotatable bonds is 7. The van der Waals surface area contributed by atoms with Crippen LogP contribution in [0.4, 0.5) is 0 Å². The van der Waals surface area contributed by atoms with Crippen LogP contribution in [0.2, 0.25) is 0 Å². The third-order valence-electron chi connectivity index (χ3n) is 3.42. The maximum atomic E-state index is 12.2. The Hall–Kier alpha value is -1.75. The molecular weight excluding hydrogens is 384 g/mol. The highest BCUT2D eigenvalue weighted by atomic mass is 32.2. The minimum atomic E-state index is -3.69. The topological polar surface area (TPSA) is 113 Å². The fourth-order valence-electron chi connectivity index (χ4n) is 2.17. The van der Waals surface area contributed by atoms with E-state index in [1.807, 2.05) is 25.1 Å². The van der Waals surface area contributed by atoms with E-state index in [-0.39, 0.29) is 18.9 Å². The molecule has 2 aromatic rings. The summed E-state index contributed by atoms with van der Waals surface area (Å²) in [5.74, 6) is -1.34. The van der Waals surface area contributed by atoms with E-state index in [0.29, 0.717) is 4.88 Å². The van der Waals surface area contributed by atoms with Crippen molar-refractivity contribution in [3.05, 3.63) is 34.0 Å². The molecule has 2 amide bonds. The predicted molar refractivity (Wildman–Crippen MR) is 97.9 cm³/mol. The molecule has 0 aliphatic carbocycles. The van der Waals surface area contributed by atoms with Gasteiger partial charge in [-0.1, -0.05) is 0 Å². The molecule has 0 aliphatic heterocycles. The van der Waals surface area contributed by atoms with Gasteiger partial charge in [0, 0.05) is 27.4 Å². The van der Waals surface area contributed by atoms with Crippen molar-refractivity contribution in [2.75, 3.05) is 12.8 Å². The first kappa shape index (κ1) is 19.6. The van der Waals surface area contributed by atoms with Crippen molar-refractivity contribution in [2.24, 2.45) is 0 Å². The number of carbonyl (C=O) groups is 2. The smallest absolute Gasteiger partial charge is 0.261 e. The number of carbonyl (C=O) groups excluding carboxylic acids is 2. The molecular formula is C15H18N2O5S3. The van der Waals surface area contributed by atoms with Gasteiger partial charge in [-0.3, -0.25) is 14.8 Å². The van der Waals surface area contributed by atoms with Gasteiger partial charge in [0.1, 0.15) is 5.25 Å². The number of hydroxylamine groups is 1. The third-order valence-corrected chi connectivity index (χ3v) is 7.19. The van der Waals surface area contributed by atoms with Crippen molar-refractivity contribution in [2.45, 2.75) is 18.6 Å². The van der Waals surface area contributed by atoms with E-state index in [1.54, 1.807) is 17.4 Å². The van der Waals surface area contributed by atoms with E-state index in [2.05, 4.69) is 5.32 Å². The number of nitrogens with one attached hydrogen (secondary N) is 2.